The molecule has 3 N–H and O–H groups in total. The number of rotatable bonds is 4. The smallest absolute Gasteiger partial charge is 0.243 e. The molecule has 1 atom stereocenters. The van der Waals surface area contributed by atoms with Gasteiger partial charge < -0.3 is 4.90 Å². The number of nitrogens with zero attached hydrogens (tertiary/aromatic N) is 2. The topological polar surface area (TPSA) is 78.7 Å². The zero-order valence-corrected chi connectivity index (χ0v) is 10.6. The molecule has 0 aromatic carbocycles. The van der Waals surface area contributed by atoms with E-state index in [9.17, 15) is 9.59 Å². The van der Waals surface area contributed by atoms with Crippen LogP contribution in [-0.2, 0) is 9.59 Å². The first-order chi connectivity index (χ1) is 8.08. The molecule has 17 heavy (non-hydrogen) atoms. The molecular weight excluding hydrogens is 220 g/mol. The van der Waals surface area contributed by atoms with Crippen molar-refractivity contribution < 1.29 is 9.59 Å². The predicted octanol–water partition coefficient (Wildman–Crippen LogP) is -0.691. The van der Waals surface area contributed by atoms with Crippen LogP contribution >= 0.6 is 0 Å². The van der Waals surface area contributed by atoms with Gasteiger partial charge in [-0.2, -0.15) is 0 Å². The molecule has 1 aliphatic heterocycles. The van der Waals surface area contributed by atoms with E-state index >= 15 is 0 Å². The first-order valence-corrected chi connectivity index (χ1v) is 6.09. The van der Waals surface area contributed by atoms with Gasteiger partial charge in [0.15, 0.2) is 0 Å². The van der Waals surface area contributed by atoms with E-state index < -0.39 is 5.91 Å². The van der Waals surface area contributed by atoms with Gasteiger partial charge in [0.2, 0.25) is 11.8 Å². The lowest BCUT2D eigenvalue weighted by Gasteiger charge is -2.37. The fraction of sp³-hybridized carbons (Fsp3) is 0.818. The molecule has 1 rings (SSSR count). The molecule has 0 aromatic rings. The highest BCUT2D eigenvalue weighted by Crippen LogP contribution is 2.09. The van der Waals surface area contributed by atoms with Gasteiger partial charge >= 0.3 is 0 Å². The number of carbonyl (C=O) groups is 2. The van der Waals surface area contributed by atoms with Crippen molar-refractivity contribution in [1.29, 1.82) is 0 Å². The van der Waals surface area contributed by atoms with E-state index in [1.807, 2.05) is 5.43 Å². The standard InChI is InChI=1S/C11H22N4O2/c1-3-9(2)14-4-6-15(7-5-14)11(17)8-10(16)13-12/h9H,3-8,12H2,1-2H3,(H,13,16). The van der Waals surface area contributed by atoms with E-state index in [1.165, 1.54) is 0 Å². The van der Waals surface area contributed by atoms with E-state index in [4.69, 9.17) is 5.84 Å². The van der Waals surface area contributed by atoms with E-state index in [-0.39, 0.29) is 12.3 Å². The third-order valence-electron chi connectivity index (χ3n) is 3.35. The number of hydrazine groups is 1. The molecule has 98 valence electrons. The van der Waals surface area contributed by atoms with Gasteiger partial charge in [-0.3, -0.25) is 19.9 Å². The summed E-state index contributed by atoms with van der Waals surface area (Å²) in [6.07, 6.45) is 0.962. The van der Waals surface area contributed by atoms with Gasteiger partial charge in [-0.25, -0.2) is 5.84 Å². The van der Waals surface area contributed by atoms with Crippen LogP contribution in [0.5, 0.6) is 0 Å². The molecule has 0 bridgehead atoms. The van der Waals surface area contributed by atoms with Gasteiger partial charge in [-0.1, -0.05) is 6.92 Å². The first-order valence-electron chi connectivity index (χ1n) is 6.09. The summed E-state index contributed by atoms with van der Waals surface area (Å²) < 4.78 is 0. The Labute approximate surface area is 102 Å². The lowest BCUT2D eigenvalue weighted by Crippen LogP contribution is -2.52. The Bertz CT molecular complexity index is 275. The summed E-state index contributed by atoms with van der Waals surface area (Å²) in [5.41, 5.74) is 1.97. The quantitative estimate of drug-likeness (QED) is 0.296. The molecule has 1 fully saturated rings. The molecular formula is C11H22N4O2. The molecule has 0 saturated carbocycles. The summed E-state index contributed by atoms with van der Waals surface area (Å²) >= 11 is 0. The number of hydrogen-bond donors (Lipinski definition) is 2. The van der Waals surface area contributed by atoms with Crippen molar-refractivity contribution in [1.82, 2.24) is 15.2 Å². The zero-order valence-electron chi connectivity index (χ0n) is 10.6. The molecule has 0 aromatic heterocycles. The molecule has 1 saturated heterocycles. The van der Waals surface area contributed by atoms with Crippen LogP contribution in [0.3, 0.4) is 0 Å². The van der Waals surface area contributed by atoms with Gasteiger partial charge in [0.1, 0.15) is 6.42 Å². The lowest BCUT2D eigenvalue weighted by molar-refractivity contribution is -0.137. The van der Waals surface area contributed by atoms with Crippen molar-refractivity contribution in [2.75, 3.05) is 26.2 Å². The molecule has 0 aliphatic carbocycles. The van der Waals surface area contributed by atoms with Crippen LogP contribution in [0, 0.1) is 0 Å². The zero-order chi connectivity index (χ0) is 12.8. The molecule has 6 heteroatoms. The van der Waals surface area contributed by atoms with Crippen LogP contribution in [0.15, 0.2) is 0 Å². The Hall–Kier alpha value is -1.14. The van der Waals surface area contributed by atoms with Gasteiger partial charge in [0.05, 0.1) is 0 Å². The second-order valence-corrected chi connectivity index (χ2v) is 4.42. The number of hydrogen-bond acceptors (Lipinski definition) is 4. The Balaban J connectivity index is 2.36. The van der Waals surface area contributed by atoms with E-state index in [2.05, 4.69) is 18.7 Å². The fourth-order valence-electron chi connectivity index (χ4n) is 1.97. The Kier molecular flexibility index (Phi) is 5.37. The first kappa shape index (κ1) is 13.9. The minimum absolute atomic E-state index is 0.142. The maximum Gasteiger partial charge on any atom is 0.243 e. The molecule has 1 unspecified atom stereocenters. The number of nitrogens with two attached hydrogens (primary N) is 1. The third-order valence-corrected chi connectivity index (χ3v) is 3.35. The summed E-state index contributed by atoms with van der Waals surface area (Å²) in [5.74, 6) is 4.38. The number of nitrogens with one attached hydrogen (secondary N) is 1. The van der Waals surface area contributed by atoms with E-state index in [0.717, 1.165) is 19.5 Å². The average Bonchev–Trinajstić information content (AvgIpc) is 2.37. The monoisotopic (exact) mass is 242 g/mol. The van der Waals surface area contributed by atoms with Crippen LogP contribution in [-0.4, -0.2) is 53.8 Å². The van der Waals surface area contributed by atoms with Crippen molar-refractivity contribution in [3.05, 3.63) is 0 Å². The summed E-state index contributed by atoms with van der Waals surface area (Å²) in [4.78, 5) is 26.8. The summed E-state index contributed by atoms with van der Waals surface area (Å²) in [6.45, 7) is 7.51. The molecule has 6 nitrogen and oxygen atoms in total. The fourth-order valence-corrected chi connectivity index (χ4v) is 1.97. The highest BCUT2D eigenvalue weighted by Gasteiger charge is 2.24. The van der Waals surface area contributed by atoms with Crippen molar-refractivity contribution in [2.24, 2.45) is 5.84 Å². The number of amides is 2. The second-order valence-electron chi connectivity index (χ2n) is 4.42. The van der Waals surface area contributed by atoms with Crippen LogP contribution < -0.4 is 11.3 Å². The summed E-state index contributed by atoms with van der Waals surface area (Å²) in [6, 6.07) is 0.555. The number of piperazine rings is 1. The highest BCUT2D eigenvalue weighted by atomic mass is 16.2. The minimum Gasteiger partial charge on any atom is -0.340 e. The Morgan fingerprint density at radius 3 is 2.35 bits per heavy atom. The molecule has 1 aliphatic rings. The normalized spacial score (nSPS) is 18.9. The van der Waals surface area contributed by atoms with Crippen LogP contribution in [0.4, 0.5) is 0 Å². The van der Waals surface area contributed by atoms with Crippen LogP contribution in [0.1, 0.15) is 26.7 Å². The lowest BCUT2D eigenvalue weighted by atomic mass is 10.2. The summed E-state index contributed by atoms with van der Waals surface area (Å²) in [5, 5.41) is 0. The second kappa shape index (κ2) is 6.56. The third kappa shape index (κ3) is 3.98. The SMILES string of the molecule is CCC(C)N1CCN(C(=O)CC(=O)NN)CC1. The van der Waals surface area contributed by atoms with E-state index in [1.54, 1.807) is 4.90 Å². The van der Waals surface area contributed by atoms with Crippen molar-refractivity contribution >= 4 is 11.8 Å². The molecule has 1 heterocycles. The Morgan fingerprint density at radius 1 is 1.29 bits per heavy atom. The van der Waals surface area contributed by atoms with Crippen molar-refractivity contribution in [2.45, 2.75) is 32.7 Å². The largest absolute Gasteiger partial charge is 0.340 e. The van der Waals surface area contributed by atoms with Crippen LogP contribution in [0.2, 0.25) is 0 Å². The van der Waals surface area contributed by atoms with E-state index in [0.29, 0.717) is 19.1 Å². The van der Waals surface area contributed by atoms with Gasteiger partial charge in [0, 0.05) is 32.2 Å². The average molecular weight is 242 g/mol. The van der Waals surface area contributed by atoms with Gasteiger partial charge in [0.25, 0.3) is 0 Å². The summed E-state index contributed by atoms with van der Waals surface area (Å²) in [7, 11) is 0. The molecule has 2 amide bonds. The van der Waals surface area contributed by atoms with Crippen molar-refractivity contribution in [3.8, 4) is 0 Å². The van der Waals surface area contributed by atoms with Crippen molar-refractivity contribution in [3.63, 3.8) is 0 Å². The maximum absolute atomic E-state index is 11.7. The predicted molar refractivity (Wildman–Crippen MR) is 64.9 cm³/mol. The minimum atomic E-state index is -0.431. The Morgan fingerprint density at radius 2 is 1.88 bits per heavy atom. The molecule has 0 spiro atoms. The van der Waals surface area contributed by atoms with Crippen LogP contribution in [0.25, 0.3) is 0 Å². The number of carbonyl (C=O) groups excluding carboxylic acids is 2. The molecule has 0 radical (unpaired) electrons. The van der Waals surface area contributed by atoms with Gasteiger partial charge in [-0.05, 0) is 13.3 Å². The van der Waals surface area contributed by atoms with Gasteiger partial charge in [-0.15, -0.1) is 0 Å². The highest BCUT2D eigenvalue weighted by molar-refractivity contribution is 5.96. The maximum atomic E-state index is 11.7.